The van der Waals surface area contributed by atoms with Gasteiger partial charge in [-0.05, 0) is 29.8 Å². The van der Waals surface area contributed by atoms with Crippen LogP contribution in [0, 0.1) is 0 Å². The maximum atomic E-state index is 12.7. The second-order valence-electron chi connectivity index (χ2n) is 6.16. The topological polar surface area (TPSA) is 130 Å². The van der Waals surface area contributed by atoms with Gasteiger partial charge < -0.3 is 5.32 Å². The molecule has 0 spiro atoms. The van der Waals surface area contributed by atoms with Gasteiger partial charge in [-0.2, -0.15) is 0 Å². The lowest BCUT2D eigenvalue weighted by molar-refractivity contribution is -0.125. The first-order valence-electron chi connectivity index (χ1n) is 8.07. The molecule has 1 heterocycles. The number of nitrogens with zero attached hydrogens (tertiary/aromatic N) is 1. The van der Waals surface area contributed by atoms with Gasteiger partial charge in [0, 0.05) is 11.9 Å². The Kier molecular flexibility index (Phi) is 5.13. The van der Waals surface area contributed by atoms with Crippen molar-refractivity contribution in [2.75, 3.05) is 17.5 Å². The van der Waals surface area contributed by atoms with Gasteiger partial charge in [-0.25, -0.2) is 21.6 Å². The van der Waals surface area contributed by atoms with Crippen LogP contribution in [0.1, 0.15) is 5.56 Å². The van der Waals surface area contributed by atoms with Crippen LogP contribution < -0.4 is 10.0 Å². The van der Waals surface area contributed by atoms with Crippen LogP contribution in [-0.2, 0) is 31.2 Å². The number of hydrogen-bond donors (Lipinski definition) is 2. The summed E-state index contributed by atoms with van der Waals surface area (Å²) in [5.41, 5.74) is 0.704. The molecule has 148 valence electrons. The average Bonchev–Trinajstić information content (AvgIpc) is 2.93. The number of carbonyl (C=O) groups is 2. The molecule has 2 N–H and O–H groups in total. The van der Waals surface area contributed by atoms with Crippen molar-refractivity contribution < 1.29 is 26.4 Å². The molecule has 11 heteroatoms. The van der Waals surface area contributed by atoms with Gasteiger partial charge in [0.05, 0.1) is 18.0 Å². The molecule has 1 saturated heterocycles. The maximum Gasteiger partial charge on any atom is 0.324 e. The molecule has 9 nitrogen and oxygen atoms in total. The van der Waals surface area contributed by atoms with Crippen LogP contribution >= 0.6 is 0 Å². The average molecular weight is 423 g/mol. The van der Waals surface area contributed by atoms with E-state index in [0.717, 1.165) is 11.2 Å². The molecule has 0 aliphatic carbocycles. The minimum absolute atomic E-state index is 0.0137. The summed E-state index contributed by atoms with van der Waals surface area (Å²) in [7, 11) is -7.93. The summed E-state index contributed by atoms with van der Waals surface area (Å²) in [6, 6.07) is 10.9. The number of anilines is 1. The minimum Gasteiger partial charge on any atom is -0.329 e. The van der Waals surface area contributed by atoms with E-state index in [-0.39, 0.29) is 34.5 Å². The number of urea groups is 1. The van der Waals surface area contributed by atoms with E-state index in [0.29, 0.717) is 5.56 Å². The van der Waals surface area contributed by atoms with Gasteiger partial charge in [0.1, 0.15) is 4.90 Å². The van der Waals surface area contributed by atoms with E-state index >= 15 is 0 Å². The van der Waals surface area contributed by atoms with Gasteiger partial charge >= 0.3 is 6.03 Å². The van der Waals surface area contributed by atoms with Gasteiger partial charge in [-0.3, -0.25) is 14.4 Å². The molecule has 3 amide bonds. The molecule has 1 aliphatic rings. The number of amides is 3. The van der Waals surface area contributed by atoms with Gasteiger partial charge in [0.2, 0.25) is 5.91 Å². The van der Waals surface area contributed by atoms with Crippen molar-refractivity contribution in [2.45, 2.75) is 16.3 Å². The molecular weight excluding hydrogens is 406 g/mol. The number of sulfonamides is 1. The summed E-state index contributed by atoms with van der Waals surface area (Å²) in [4.78, 5) is 23.7. The van der Waals surface area contributed by atoms with E-state index in [1.807, 2.05) is 0 Å². The highest BCUT2D eigenvalue weighted by atomic mass is 32.2. The quantitative estimate of drug-likeness (QED) is 0.665. The van der Waals surface area contributed by atoms with Crippen molar-refractivity contribution in [1.29, 1.82) is 0 Å². The fourth-order valence-corrected chi connectivity index (χ4v) is 5.40. The first-order valence-corrected chi connectivity index (χ1v) is 11.4. The van der Waals surface area contributed by atoms with E-state index in [1.54, 1.807) is 12.1 Å². The molecule has 28 heavy (non-hydrogen) atoms. The molecule has 0 saturated carbocycles. The molecule has 3 rings (SSSR count). The Morgan fingerprint density at radius 2 is 1.68 bits per heavy atom. The first-order chi connectivity index (χ1) is 13.1. The normalized spacial score (nSPS) is 14.8. The molecular formula is C17H17N3O6S2. The summed E-state index contributed by atoms with van der Waals surface area (Å²) in [6.07, 6.45) is 0.931. The SMILES string of the molecule is CS(=O)(=O)c1ccccc1S(=O)(=O)Nc1cccc(CN2C(=O)CNC2=O)c1. The summed E-state index contributed by atoms with van der Waals surface area (Å²) >= 11 is 0. The van der Waals surface area contributed by atoms with Crippen molar-refractivity contribution in [3.05, 3.63) is 54.1 Å². The van der Waals surface area contributed by atoms with Crippen molar-refractivity contribution >= 4 is 37.5 Å². The van der Waals surface area contributed by atoms with E-state index in [2.05, 4.69) is 10.0 Å². The Morgan fingerprint density at radius 3 is 2.29 bits per heavy atom. The third kappa shape index (κ3) is 4.15. The Balaban J connectivity index is 1.88. The van der Waals surface area contributed by atoms with Crippen LogP contribution in [-0.4, -0.2) is 46.5 Å². The summed E-state index contributed by atoms with van der Waals surface area (Å²) < 4.78 is 51.6. The van der Waals surface area contributed by atoms with Crippen LogP contribution in [0.3, 0.4) is 0 Å². The number of nitrogens with one attached hydrogen (secondary N) is 2. The minimum atomic E-state index is -4.18. The summed E-state index contributed by atoms with van der Waals surface area (Å²) in [5.74, 6) is -0.377. The van der Waals surface area contributed by atoms with Gasteiger partial charge in [0.15, 0.2) is 9.84 Å². The van der Waals surface area contributed by atoms with E-state index in [4.69, 9.17) is 0 Å². The van der Waals surface area contributed by atoms with Crippen molar-refractivity contribution in [3.63, 3.8) is 0 Å². The lowest BCUT2D eigenvalue weighted by atomic mass is 10.2. The van der Waals surface area contributed by atoms with Crippen LogP contribution in [0.4, 0.5) is 10.5 Å². The molecule has 1 aliphatic heterocycles. The molecule has 0 unspecified atom stereocenters. The maximum absolute atomic E-state index is 12.7. The highest BCUT2D eigenvalue weighted by molar-refractivity contribution is 7.95. The molecule has 0 atom stereocenters. The molecule has 0 aromatic heterocycles. The molecule has 2 aromatic carbocycles. The summed E-state index contributed by atoms with van der Waals surface area (Å²) in [5, 5.41) is 2.40. The van der Waals surface area contributed by atoms with Gasteiger partial charge in [0.25, 0.3) is 10.0 Å². The van der Waals surface area contributed by atoms with Crippen molar-refractivity contribution in [1.82, 2.24) is 10.2 Å². The Hall–Kier alpha value is -2.92. The van der Waals surface area contributed by atoms with Crippen LogP contribution in [0.2, 0.25) is 0 Å². The van der Waals surface area contributed by atoms with E-state index in [9.17, 15) is 26.4 Å². The lowest BCUT2D eigenvalue weighted by Gasteiger charge is -2.14. The highest BCUT2D eigenvalue weighted by Crippen LogP contribution is 2.24. The number of rotatable bonds is 6. The molecule has 2 aromatic rings. The monoisotopic (exact) mass is 423 g/mol. The van der Waals surface area contributed by atoms with Crippen molar-refractivity contribution in [3.8, 4) is 0 Å². The number of sulfone groups is 1. The van der Waals surface area contributed by atoms with E-state index in [1.165, 1.54) is 36.4 Å². The predicted octanol–water partition coefficient (Wildman–Crippen LogP) is 0.943. The van der Waals surface area contributed by atoms with E-state index < -0.39 is 25.9 Å². The smallest absolute Gasteiger partial charge is 0.324 e. The standard InChI is InChI=1S/C17H17N3O6S2/c1-27(23,24)14-7-2-3-8-15(14)28(25,26)19-13-6-4-5-12(9-13)11-20-16(21)10-18-17(20)22/h2-9,19H,10-11H2,1H3,(H,18,22). The first kappa shape index (κ1) is 19.8. The van der Waals surface area contributed by atoms with Crippen LogP contribution in [0.15, 0.2) is 58.3 Å². The number of imide groups is 1. The van der Waals surface area contributed by atoms with Crippen molar-refractivity contribution in [2.24, 2.45) is 0 Å². The molecule has 1 fully saturated rings. The number of benzene rings is 2. The highest BCUT2D eigenvalue weighted by Gasteiger charge is 2.28. The summed E-state index contributed by atoms with van der Waals surface area (Å²) in [6.45, 7) is -0.0897. The third-order valence-electron chi connectivity index (χ3n) is 4.00. The zero-order valence-corrected chi connectivity index (χ0v) is 16.4. The number of carbonyl (C=O) groups excluding carboxylic acids is 2. The zero-order chi connectivity index (χ0) is 20.5. The molecule has 0 bridgehead atoms. The Morgan fingerprint density at radius 1 is 1.00 bits per heavy atom. The predicted molar refractivity (Wildman–Crippen MR) is 101 cm³/mol. The Bertz CT molecular complexity index is 1140. The fourth-order valence-electron chi connectivity index (χ4n) is 2.72. The fraction of sp³-hybridized carbons (Fsp3) is 0.176. The number of hydrogen-bond acceptors (Lipinski definition) is 6. The third-order valence-corrected chi connectivity index (χ3v) is 6.72. The lowest BCUT2D eigenvalue weighted by Crippen LogP contribution is -2.30. The second-order valence-corrected chi connectivity index (χ2v) is 9.80. The largest absolute Gasteiger partial charge is 0.329 e. The van der Waals surface area contributed by atoms with Crippen LogP contribution in [0.5, 0.6) is 0 Å². The molecule has 0 radical (unpaired) electrons. The Labute approximate surface area is 162 Å². The zero-order valence-electron chi connectivity index (χ0n) is 14.7. The van der Waals surface area contributed by atoms with Crippen LogP contribution in [0.25, 0.3) is 0 Å². The van der Waals surface area contributed by atoms with Gasteiger partial charge in [-0.1, -0.05) is 24.3 Å². The second kappa shape index (κ2) is 7.24. The van der Waals surface area contributed by atoms with Gasteiger partial charge in [-0.15, -0.1) is 0 Å².